The van der Waals surface area contributed by atoms with Gasteiger partial charge in [-0.1, -0.05) is 218 Å². The maximum Gasteiger partial charge on any atom is 0.165 e. The van der Waals surface area contributed by atoms with E-state index >= 15 is 0 Å². The molecule has 0 spiro atoms. The van der Waals surface area contributed by atoms with Gasteiger partial charge in [-0.2, -0.15) is 0 Å². The Bertz CT molecular complexity index is 8480. The molecule has 12 aromatic heterocycles. The van der Waals surface area contributed by atoms with Crippen molar-refractivity contribution in [2.45, 2.75) is 0 Å². The first kappa shape index (κ1) is 56.1. The van der Waals surface area contributed by atoms with Crippen LogP contribution in [-0.2, 0) is 0 Å². The van der Waals surface area contributed by atoms with Crippen LogP contribution in [0.2, 0.25) is 0 Å². The van der Waals surface area contributed by atoms with Gasteiger partial charge in [-0.25, -0.2) is 29.9 Å². The number of furan rings is 3. The number of para-hydroxylation sites is 6. The summed E-state index contributed by atoms with van der Waals surface area (Å²) in [5.41, 5.74) is 27.7. The maximum atomic E-state index is 6.46. The minimum absolute atomic E-state index is 0.873. The van der Waals surface area contributed by atoms with Gasteiger partial charge in [0.1, 0.15) is 44.5 Å². The molecule has 0 aliphatic rings. The van der Waals surface area contributed by atoms with Crippen LogP contribution in [0.5, 0.6) is 0 Å². The van der Waals surface area contributed by atoms with Gasteiger partial charge in [0.25, 0.3) is 0 Å². The first-order valence-corrected chi connectivity index (χ1v) is 35.6. The van der Waals surface area contributed by atoms with Gasteiger partial charge in [-0.3, -0.25) is 13.2 Å². The summed E-state index contributed by atoms with van der Waals surface area (Å²) in [4.78, 5) is 31.0. The Kier molecular flexibility index (Phi) is 10.9. The fourth-order valence-corrected chi connectivity index (χ4v) is 17.7. The zero-order valence-corrected chi connectivity index (χ0v) is 56.0. The number of rotatable bonds is 2. The summed E-state index contributed by atoms with van der Waals surface area (Å²) < 4.78 is 25.8. The average molecular weight is 1350 g/mol. The van der Waals surface area contributed by atoms with Gasteiger partial charge >= 0.3 is 0 Å². The largest absolute Gasteiger partial charge is 0.456 e. The second kappa shape index (κ2) is 20.6. The van der Waals surface area contributed by atoms with Crippen molar-refractivity contribution >= 4 is 225 Å². The average Bonchev–Trinajstić information content (AvgIpc) is 1.54. The highest BCUT2D eigenvalue weighted by Gasteiger charge is 2.27. The lowest BCUT2D eigenvalue weighted by Gasteiger charge is -2.04. The Balaban J connectivity index is 0.0000000920. The molecule has 0 aliphatic heterocycles. The van der Waals surface area contributed by atoms with E-state index in [9.17, 15) is 0 Å². The highest BCUT2D eigenvalue weighted by Crippen LogP contribution is 2.48. The molecule has 0 saturated carbocycles. The summed E-state index contributed by atoms with van der Waals surface area (Å²) in [6.45, 7) is 0. The topological polar surface area (TPSA) is 130 Å². The van der Waals surface area contributed by atoms with Crippen molar-refractivity contribution in [3.63, 3.8) is 0 Å². The lowest BCUT2D eigenvalue weighted by atomic mass is 10.0. The number of hydrogen-bond donors (Lipinski definition) is 0. The summed E-state index contributed by atoms with van der Waals surface area (Å²) in [5, 5.41) is 19.7. The standard InChI is InChI=1S/2C32H17N3O.C30H15N3O/c1-2-7-18(8-3-1)19-13-14-25-26(15-19)34-32-30(33-25)22-11-6-10-21-23-16-24-20-9-4-5-12-28(20)36-29(24)17-27(23)35(32)31(21)22;1-2-7-18(8-3-1)19-13-14-23-24(17-19)34-32-30(33-23)22-11-6-10-21-28-25(35(32)31(21)22)15-16-27-29(28)20-9-4-5-12-26(20)36-27;1-2-7-17-16(6-1)12-15-23-25(17)32-30-26(31-23)22-10-5-9-19-20-13-14-21-18-8-3-4-11-24(18)34-29(21)28(20)33(30)27(19)22/h2*1-17H;1-15H. The second-order valence-electron chi connectivity index (χ2n) is 27.9. The smallest absolute Gasteiger partial charge is 0.165 e. The van der Waals surface area contributed by atoms with Crippen LogP contribution in [0.1, 0.15) is 0 Å². The summed E-state index contributed by atoms with van der Waals surface area (Å²) >= 11 is 0. The summed E-state index contributed by atoms with van der Waals surface area (Å²) in [5.74, 6) is 0. The fraction of sp³-hybridized carbons (Fsp3) is 0. The normalized spacial score (nSPS) is 12.5. The molecule has 12 nitrogen and oxygen atoms in total. The summed E-state index contributed by atoms with van der Waals surface area (Å²) in [6, 6.07) is 103. The number of nitrogens with zero attached hydrogens (tertiary/aromatic N) is 9. The number of aromatic nitrogens is 9. The van der Waals surface area contributed by atoms with Crippen molar-refractivity contribution in [3.8, 4) is 22.3 Å². The molecule has 106 heavy (non-hydrogen) atoms. The van der Waals surface area contributed by atoms with E-state index in [1.54, 1.807) is 0 Å². The molecule has 0 radical (unpaired) electrons. The predicted octanol–water partition coefficient (Wildman–Crippen LogP) is 24.5. The molecule has 0 aliphatic carbocycles. The Morgan fingerprint density at radius 3 is 1.37 bits per heavy atom. The summed E-state index contributed by atoms with van der Waals surface area (Å²) in [7, 11) is 0. The first-order valence-electron chi connectivity index (χ1n) is 35.6. The van der Waals surface area contributed by atoms with Crippen LogP contribution in [0.25, 0.3) is 247 Å². The van der Waals surface area contributed by atoms with E-state index in [2.05, 4.69) is 262 Å². The Morgan fingerprint density at radius 2 is 0.689 bits per heavy atom. The lowest BCUT2D eigenvalue weighted by Crippen LogP contribution is -1.90. The van der Waals surface area contributed by atoms with Gasteiger partial charge in [-0.05, 0) is 100 Å². The van der Waals surface area contributed by atoms with E-state index in [-0.39, 0.29) is 0 Å². The SMILES string of the molecule is c1ccc(-c2ccc3nc4c5cccc6c7c8c(ccc7n(c4nc3c2)c56)oc2ccccc28)cc1.c1ccc(-c2ccc3nc4c5cccc6c7cc8c(cc7n(c4nc3c2)c65)oc2ccccc28)cc1.c1ccc2c(c1)ccc1nc3c4cccc5c6ccc7c8ccccc8oc7c6n(c3nc12)c54. The van der Waals surface area contributed by atoms with Gasteiger partial charge in [-0.15, -0.1) is 0 Å². The molecular weight excluding hydrogens is 1300 g/mol. The van der Waals surface area contributed by atoms with Gasteiger partial charge < -0.3 is 13.3 Å². The van der Waals surface area contributed by atoms with Crippen LogP contribution < -0.4 is 0 Å². The highest BCUT2D eigenvalue weighted by atomic mass is 16.3. The van der Waals surface area contributed by atoms with Crippen molar-refractivity contribution < 1.29 is 13.3 Å². The Labute approximate surface area is 597 Å². The predicted molar refractivity (Wildman–Crippen MR) is 433 cm³/mol. The second-order valence-corrected chi connectivity index (χ2v) is 27.9. The molecule has 488 valence electrons. The molecule has 0 N–H and O–H groups in total. The molecule has 0 saturated heterocycles. The third-order valence-corrected chi connectivity index (χ3v) is 22.3. The van der Waals surface area contributed by atoms with Crippen molar-refractivity contribution in [1.82, 2.24) is 43.1 Å². The van der Waals surface area contributed by atoms with Gasteiger partial charge in [0.2, 0.25) is 0 Å². The Morgan fingerprint density at radius 1 is 0.208 bits per heavy atom. The van der Waals surface area contributed by atoms with E-state index < -0.39 is 0 Å². The fourth-order valence-electron chi connectivity index (χ4n) is 17.7. The molecular formula is C94H49N9O3. The molecule has 0 bridgehead atoms. The van der Waals surface area contributed by atoms with Crippen molar-refractivity contribution in [2.24, 2.45) is 0 Å². The molecule has 12 heteroatoms. The van der Waals surface area contributed by atoms with Crippen molar-refractivity contribution in [2.75, 3.05) is 0 Å². The number of benzene rings is 15. The molecule has 0 amide bonds. The van der Waals surface area contributed by atoms with Gasteiger partial charge in [0.15, 0.2) is 22.5 Å². The monoisotopic (exact) mass is 1350 g/mol. The van der Waals surface area contributed by atoms with Crippen molar-refractivity contribution in [3.05, 3.63) is 297 Å². The third-order valence-electron chi connectivity index (χ3n) is 22.3. The van der Waals surface area contributed by atoms with Crippen LogP contribution in [0.4, 0.5) is 0 Å². The van der Waals surface area contributed by atoms with Gasteiger partial charge in [0, 0.05) is 92.2 Å². The van der Waals surface area contributed by atoms with E-state index in [0.717, 1.165) is 193 Å². The molecule has 0 unspecified atom stereocenters. The number of hydrogen-bond acceptors (Lipinski definition) is 9. The van der Waals surface area contributed by atoms with Crippen molar-refractivity contribution in [1.29, 1.82) is 0 Å². The van der Waals surface area contributed by atoms with Crippen LogP contribution in [0.15, 0.2) is 311 Å². The Hall–Kier alpha value is -14.6. The number of fused-ring (bicyclic) bond motifs is 34. The van der Waals surface area contributed by atoms with E-state index in [0.29, 0.717) is 0 Å². The van der Waals surface area contributed by atoms with Crippen LogP contribution in [0.3, 0.4) is 0 Å². The first-order chi connectivity index (χ1) is 52.5. The summed E-state index contributed by atoms with van der Waals surface area (Å²) in [6.07, 6.45) is 0. The van der Waals surface area contributed by atoms with Crippen LogP contribution in [-0.4, -0.2) is 43.1 Å². The molecule has 27 aromatic rings. The molecule has 0 fully saturated rings. The van der Waals surface area contributed by atoms with Gasteiger partial charge in [0.05, 0.1) is 66.2 Å². The van der Waals surface area contributed by atoms with Crippen LogP contribution in [0, 0.1) is 0 Å². The zero-order valence-electron chi connectivity index (χ0n) is 56.0. The third kappa shape index (κ3) is 7.54. The quantitative estimate of drug-likeness (QED) is 0.155. The molecule has 27 rings (SSSR count). The highest BCUT2D eigenvalue weighted by molar-refractivity contribution is 6.33. The van der Waals surface area contributed by atoms with Crippen LogP contribution >= 0.6 is 0 Å². The maximum absolute atomic E-state index is 6.46. The zero-order chi connectivity index (χ0) is 68.7. The molecule has 12 heterocycles. The molecule has 0 atom stereocenters. The van der Waals surface area contributed by atoms with E-state index in [4.69, 9.17) is 43.2 Å². The minimum Gasteiger partial charge on any atom is -0.456 e. The lowest BCUT2D eigenvalue weighted by molar-refractivity contribution is 0.669. The van der Waals surface area contributed by atoms with E-state index in [1.807, 2.05) is 48.5 Å². The van der Waals surface area contributed by atoms with E-state index in [1.165, 1.54) is 54.3 Å². The molecule has 15 aromatic carbocycles. The minimum atomic E-state index is 0.873.